The maximum Gasteiger partial charge on any atom is 0.128 e. The third-order valence-electron chi connectivity index (χ3n) is 5.16. The zero-order chi connectivity index (χ0) is 25.9. The summed E-state index contributed by atoms with van der Waals surface area (Å²) in [6, 6.07) is 29.9. The second kappa shape index (κ2) is 13.2. The molecule has 4 aromatic rings. The topological polar surface area (TPSA) is 129 Å². The van der Waals surface area contributed by atoms with Crippen LogP contribution in [-0.4, -0.2) is 11.7 Å². The number of benzene rings is 4. The zero-order valence-electron chi connectivity index (χ0n) is 19.6. The third-order valence-corrected chi connectivity index (χ3v) is 5.67. The summed E-state index contributed by atoms with van der Waals surface area (Å²) in [4.78, 5) is 8.65. The maximum atomic E-state index is 5.92. The van der Waals surface area contributed by atoms with Gasteiger partial charge in [-0.05, 0) is 59.7 Å². The minimum Gasteiger partial charge on any atom is -0.398 e. The van der Waals surface area contributed by atoms with Crippen molar-refractivity contribution in [1.82, 2.24) is 0 Å². The lowest BCUT2D eigenvalue weighted by Crippen LogP contribution is -2.15. The second-order valence-electron chi connectivity index (χ2n) is 7.83. The summed E-state index contributed by atoms with van der Waals surface area (Å²) in [6.07, 6.45) is 0. The molecule has 0 fully saturated rings. The molecular formula is C28H28Cl2N6. The molecule has 0 aliphatic rings. The fourth-order valence-electron chi connectivity index (χ4n) is 3.16. The molecule has 0 saturated heterocycles. The van der Waals surface area contributed by atoms with E-state index in [4.69, 9.17) is 46.1 Å². The first kappa shape index (κ1) is 26.6. The van der Waals surface area contributed by atoms with Crippen molar-refractivity contribution in [2.45, 2.75) is 13.1 Å². The molecule has 4 aromatic carbocycles. The highest BCUT2D eigenvalue weighted by atomic mass is 35.5. The summed E-state index contributed by atoms with van der Waals surface area (Å²) in [7, 11) is 0. The van der Waals surface area contributed by atoms with Gasteiger partial charge in [-0.3, -0.25) is 9.98 Å². The summed E-state index contributed by atoms with van der Waals surface area (Å²) in [5, 5.41) is 1.42. The minimum atomic E-state index is 0.447. The number of nitrogens with zero attached hydrogens (tertiary/aromatic N) is 2. The number of hydrogen-bond donors (Lipinski definition) is 4. The van der Waals surface area contributed by atoms with Crippen LogP contribution in [0.3, 0.4) is 0 Å². The van der Waals surface area contributed by atoms with Gasteiger partial charge < -0.3 is 22.9 Å². The SMILES string of the molecule is NC(=NCc1ccc(Cl)cc1)c1ccccc1N.NC(=NCc1ccc(Cl)cc1)c1ccccc1N. The van der Waals surface area contributed by atoms with Crippen molar-refractivity contribution in [2.75, 3.05) is 11.5 Å². The van der Waals surface area contributed by atoms with Gasteiger partial charge in [-0.15, -0.1) is 0 Å². The summed E-state index contributed by atoms with van der Waals surface area (Å²) < 4.78 is 0. The second-order valence-corrected chi connectivity index (χ2v) is 8.70. The van der Waals surface area contributed by atoms with E-state index in [0.29, 0.717) is 46.2 Å². The molecule has 0 aliphatic carbocycles. The average molecular weight is 519 g/mol. The number of para-hydroxylation sites is 2. The van der Waals surface area contributed by atoms with E-state index in [0.717, 1.165) is 22.3 Å². The molecule has 0 atom stereocenters. The maximum absolute atomic E-state index is 5.92. The molecule has 0 bridgehead atoms. The van der Waals surface area contributed by atoms with E-state index in [1.807, 2.05) is 84.9 Å². The number of nitrogens with two attached hydrogens (primary N) is 4. The van der Waals surface area contributed by atoms with E-state index in [9.17, 15) is 0 Å². The van der Waals surface area contributed by atoms with Crippen LogP contribution in [-0.2, 0) is 13.1 Å². The number of rotatable bonds is 6. The molecule has 0 heterocycles. The van der Waals surface area contributed by atoms with Crippen LogP contribution in [0.2, 0.25) is 10.0 Å². The van der Waals surface area contributed by atoms with Crippen LogP contribution >= 0.6 is 23.2 Å². The van der Waals surface area contributed by atoms with Crippen LogP contribution in [0.15, 0.2) is 107 Å². The van der Waals surface area contributed by atoms with E-state index in [-0.39, 0.29) is 0 Å². The van der Waals surface area contributed by atoms with E-state index >= 15 is 0 Å². The fraction of sp³-hybridized carbons (Fsp3) is 0.0714. The van der Waals surface area contributed by atoms with Gasteiger partial charge in [0.1, 0.15) is 11.7 Å². The van der Waals surface area contributed by atoms with E-state index < -0.39 is 0 Å². The predicted octanol–water partition coefficient (Wildman–Crippen LogP) is 5.66. The van der Waals surface area contributed by atoms with Crippen LogP contribution in [0.4, 0.5) is 11.4 Å². The highest BCUT2D eigenvalue weighted by Gasteiger charge is 2.03. The summed E-state index contributed by atoms with van der Waals surface area (Å²) in [5.74, 6) is 0.895. The zero-order valence-corrected chi connectivity index (χ0v) is 21.1. The quantitative estimate of drug-likeness (QED) is 0.149. The van der Waals surface area contributed by atoms with Crippen molar-refractivity contribution >= 4 is 46.2 Å². The third kappa shape index (κ3) is 8.05. The Bertz CT molecular complexity index is 1230. The van der Waals surface area contributed by atoms with Crippen molar-refractivity contribution in [3.05, 3.63) is 129 Å². The Balaban J connectivity index is 0.000000201. The Labute approximate surface area is 221 Å². The molecule has 0 saturated carbocycles. The molecule has 0 aliphatic heterocycles. The normalized spacial score (nSPS) is 11.5. The molecule has 4 rings (SSSR count). The van der Waals surface area contributed by atoms with Crippen LogP contribution in [0.25, 0.3) is 0 Å². The minimum absolute atomic E-state index is 0.447. The van der Waals surface area contributed by atoms with Gasteiger partial charge in [-0.25, -0.2) is 0 Å². The van der Waals surface area contributed by atoms with Gasteiger partial charge in [0.25, 0.3) is 0 Å². The summed E-state index contributed by atoms with van der Waals surface area (Å²) in [6.45, 7) is 1.02. The van der Waals surface area contributed by atoms with Gasteiger partial charge in [0.15, 0.2) is 0 Å². The molecule has 0 unspecified atom stereocenters. The molecule has 0 amide bonds. The Hall–Kier alpha value is -4.00. The van der Waals surface area contributed by atoms with E-state index in [1.165, 1.54) is 0 Å². The number of amidine groups is 2. The first-order chi connectivity index (χ1) is 17.3. The van der Waals surface area contributed by atoms with Crippen LogP contribution < -0.4 is 22.9 Å². The van der Waals surface area contributed by atoms with E-state index in [2.05, 4.69) is 9.98 Å². The van der Waals surface area contributed by atoms with Gasteiger partial charge in [-0.1, -0.05) is 71.7 Å². The highest BCUT2D eigenvalue weighted by molar-refractivity contribution is 6.30. The molecule has 8 heteroatoms. The molecule has 8 N–H and O–H groups in total. The molecule has 0 radical (unpaired) electrons. The Morgan fingerprint density at radius 3 is 1.19 bits per heavy atom. The fourth-order valence-corrected chi connectivity index (χ4v) is 3.42. The smallest absolute Gasteiger partial charge is 0.128 e. The van der Waals surface area contributed by atoms with Gasteiger partial charge >= 0.3 is 0 Å². The Morgan fingerprint density at radius 1 is 0.528 bits per heavy atom. The lowest BCUT2D eigenvalue weighted by molar-refractivity contribution is 1.06. The number of aliphatic imine (C=N–C) groups is 2. The molecule has 6 nitrogen and oxygen atoms in total. The van der Waals surface area contributed by atoms with Gasteiger partial charge in [-0.2, -0.15) is 0 Å². The lowest BCUT2D eigenvalue weighted by atomic mass is 10.1. The molecule has 184 valence electrons. The predicted molar refractivity (Wildman–Crippen MR) is 153 cm³/mol. The van der Waals surface area contributed by atoms with E-state index in [1.54, 1.807) is 12.1 Å². The summed E-state index contributed by atoms with van der Waals surface area (Å²) >= 11 is 11.6. The number of nitrogen functional groups attached to an aromatic ring is 2. The first-order valence-corrected chi connectivity index (χ1v) is 11.9. The van der Waals surface area contributed by atoms with Crippen molar-refractivity contribution in [3.63, 3.8) is 0 Å². The van der Waals surface area contributed by atoms with Gasteiger partial charge in [0, 0.05) is 32.5 Å². The monoisotopic (exact) mass is 518 g/mol. The lowest BCUT2D eigenvalue weighted by Gasteiger charge is -2.04. The first-order valence-electron chi connectivity index (χ1n) is 11.1. The van der Waals surface area contributed by atoms with Crippen LogP contribution in [0.5, 0.6) is 0 Å². The Kier molecular flexibility index (Phi) is 9.74. The number of anilines is 2. The van der Waals surface area contributed by atoms with Crippen molar-refractivity contribution in [1.29, 1.82) is 0 Å². The van der Waals surface area contributed by atoms with Crippen molar-refractivity contribution in [2.24, 2.45) is 21.5 Å². The molecule has 0 spiro atoms. The highest BCUT2D eigenvalue weighted by Crippen LogP contribution is 2.14. The average Bonchev–Trinajstić information content (AvgIpc) is 2.88. The number of halogens is 2. The largest absolute Gasteiger partial charge is 0.398 e. The van der Waals surface area contributed by atoms with Crippen LogP contribution in [0, 0.1) is 0 Å². The number of hydrogen-bond acceptors (Lipinski definition) is 4. The van der Waals surface area contributed by atoms with Crippen molar-refractivity contribution in [3.8, 4) is 0 Å². The van der Waals surface area contributed by atoms with Gasteiger partial charge in [0.05, 0.1) is 13.1 Å². The van der Waals surface area contributed by atoms with Crippen LogP contribution in [0.1, 0.15) is 22.3 Å². The molecular weight excluding hydrogens is 491 g/mol. The summed E-state index contributed by atoms with van der Waals surface area (Å²) in [5.41, 5.74) is 28.4. The molecule has 0 aromatic heterocycles. The standard InChI is InChI=1S/2C14H14ClN3/c2*15-11-7-5-10(6-8-11)9-18-14(17)12-3-1-2-4-13(12)16/h2*1-8H,9,16H2,(H2,17,18). The van der Waals surface area contributed by atoms with Crippen molar-refractivity contribution < 1.29 is 0 Å². The molecule has 36 heavy (non-hydrogen) atoms. The Morgan fingerprint density at radius 2 is 0.861 bits per heavy atom. The van der Waals surface area contributed by atoms with Gasteiger partial charge in [0.2, 0.25) is 0 Å².